The van der Waals surface area contributed by atoms with Crippen LogP contribution in [0.1, 0.15) is 0 Å². The maximum Gasteiger partial charge on any atom is 0.142 e. The van der Waals surface area contributed by atoms with Crippen molar-refractivity contribution in [2.75, 3.05) is 0 Å². The summed E-state index contributed by atoms with van der Waals surface area (Å²) in [5.74, 6) is 0.207. The number of hydrogen-bond acceptors (Lipinski definition) is 2. The Morgan fingerprint density at radius 1 is 1.05 bits per heavy atom. The van der Waals surface area contributed by atoms with Gasteiger partial charge in [0.15, 0.2) is 0 Å². The highest BCUT2D eigenvalue weighted by Crippen LogP contribution is 2.31. The number of para-hydroxylation sites is 2. The summed E-state index contributed by atoms with van der Waals surface area (Å²) in [5.41, 5.74) is 2.80. The number of nitrogens with one attached hydrogen (secondary N) is 1. The molecule has 4 heteroatoms. The molecule has 0 unspecified atom stereocenters. The van der Waals surface area contributed by atoms with Crippen molar-refractivity contribution in [3.63, 3.8) is 0 Å². The molecule has 0 aliphatic heterocycles. The van der Waals surface area contributed by atoms with E-state index in [1.165, 1.54) is 6.07 Å². The summed E-state index contributed by atoms with van der Waals surface area (Å²) in [5, 5.41) is 0.721. The van der Waals surface area contributed by atoms with E-state index >= 15 is 0 Å². The lowest BCUT2D eigenvalue weighted by atomic mass is 10.1. The van der Waals surface area contributed by atoms with E-state index in [0.717, 1.165) is 16.4 Å². The molecule has 0 aliphatic carbocycles. The lowest BCUT2D eigenvalue weighted by Gasteiger charge is -2.00. The number of fused-ring (bicyclic) bond motifs is 2. The van der Waals surface area contributed by atoms with Crippen molar-refractivity contribution >= 4 is 22.0 Å². The van der Waals surface area contributed by atoms with Crippen molar-refractivity contribution in [1.29, 1.82) is 0 Å². The number of H-pyrrole nitrogens is 1. The van der Waals surface area contributed by atoms with Gasteiger partial charge in [0.2, 0.25) is 0 Å². The monoisotopic (exact) mass is 252 g/mol. The molecule has 92 valence electrons. The Kier molecular flexibility index (Phi) is 2.00. The third-order valence-electron chi connectivity index (χ3n) is 3.21. The van der Waals surface area contributed by atoms with E-state index in [9.17, 15) is 4.39 Å². The molecule has 19 heavy (non-hydrogen) atoms. The lowest BCUT2D eigenvalue weighted by Crippen LogP contribution is -1.87. The van der Waals surface area contributed by atoms with Gasteiger partial charge in [-0.05, 0) is 30.3 Å². The highest BCUT2D eigenvalue weighted by molar-refractivity contribution is 5.94. The van der Waals surface area contributed by atoms with Gasteiger partial charge in [0, 0.05) is 5.39 Å². The summed E-state index contributed by atoms with van der Waals surface area (Å²) in [6.07, 6.45) is 1.55. The summed E-state index contributed by atoms with van der Waals surface area (Å²) >= 11 is 0. The van der Waals surface area contributed by atoms with Gasteiger partial charge in [-0.25, -0.2) is 9.37 Å². The molecule has 2 heterocycles. The largest absolute Gasteiger partial charge is 0.464 e. The number of rotatable bonds is 1. The minimum atomic E-state index is -0.312. The molecule has 0 atom stereocenters. The Morgan fingerprint density at radius 2 is 1.95 bits per heavy atom. The first-order valence-corrected chi connectivity index (χ1v) is 5.94. The van der Waals surface area contributed by atoms with Gasteiger partial charge in [-0.3, -0.25) is 0 Å². The van der Waals surface area contributed by atoms with E-state index in [1.54, 1.807) is 18.4 Å². The van der Waals surface area contributed by atoms with Crippen LogP contribution in [0.15, 0.2) is 53.1 Å². The summed E-state index contributed by atoms with van der Waals surface area (Å²) in [6, 6.07) is 12.4. The molecule has 0 aliphatic rings. The average Bonchev–Trinajstić information content (AvgIpc) is 3.03. The second kappa shape index (κ2) is 3.68. The van der Waals surface area contributed by atoms with Gasteiger partial charge in [0.25, 0.3) is 0 Å². The van der Waals surface area contributed by atoms with Crippen LogP contribution in [0.3, 0.4) is 0 Å². The highest BCUT2D eigenvalue weighted by Gasteiger charge is 2.15. The number of imidazole rings is 1. The van der Waals surface area contributed by atoms with Crippen LogP contribution in [-0.2, 0) is 0 Å². The van der Waals surface area contributed by atoms with Crippen molar-refractivity contribution in [3.05, 3.63) is 54.5 Å². The topological polar surface area (TPSA) is 41.8 Å². The van der Waals surface area contributed by atoms with E-state index in [0.29, 0.717) is 17.0 Å². The van der Waals surface area contributed by atoms with Gasteiger partial charge in [-0.2, -0.15) is 0 Å². The second-order valence-electron chi connectivity index (χ2n) is 4.36. The molecule has 0 amide bonds. The molecule has 0 spiro atoms. The zero-order valence-corrected chi connectivity index (χ0v) is 9.85. The molecule has 3 nitrogen and oxygen atoms in total. The number of aromatic amines is 1. The summed E-state index contributed by atoms with van der Waals surface area (Å²) in [7, 11) is 0. The first-order valence-electron chi connectivity index (χ1n) is 5.94. The van der Waals surface area contributed by atoms with E-state index in [1.807, 2.05) is 24.3 Å². The molecule has 4 rings (SSSR count). The van der Waals surface area contributed by atoms with Gasteiger partial charge >= 0.3 is 0 Å². The number of benzene rings is 2. The third-order valence-corrected chi connectivity index (χ3v) is 3.21. The van der Waals surface area contributed by atoms with Crippen molar-refractivity contribution in [1.82, 2.24) is 9.97 Å². The molecule has 0 fully saturated rings. The van der Waals surface area contributed by atoms with Gasteiger partial charge in [0.05, 0.1) is 22.9 Å². The van der Waals surface area contributed by atoms with E-state index in [4.69, 9.17) is 4.42 Å². The number of aromatic nitrogens is 2. The van der Waals surface area contributed by atoms with E-state index < -0.39 is 0 Å². The van der Waals surface area contributed by atoms with Gasteiger partial charge < -0.3 is 9.40 Å². The summed E-state index contributed by atoms with van der Waals surface area (Å²) in [6.45, 7) is 0. The first-order chi connectivity index (χ1) is 9.33. The van der Waals surface area contributed by atoms with Crippen LogP contribution < -0.4 is 0 Å². The van der Waals surface area contributed by atoms with E-state index in [2.05, 4.69) is 9.97 Å². The molecule has 0 bridgehead atoms. The maximum atomic E-state index is 14.1. The van der Waals surface area contributed by atoms with Crippen LogP contribution >= 0.6 is 0 Å². The Labute approximate surface area is 107 Å². The van der Waals surface area contributed by atoms with Gasteiger partial charge in [-0.1, -0.05) is 12.1 Å². The Hall–Kier alpha value is -2.62. The van der Waals surface area contributed by atoms with Crippen LogP contribution in [-0.4, -0.2) is 9.97 Å². The predicted molar refractivity (Wildman–Crippen MR) is 71.3 cm³/mol. The van der Waals surface area contributed by atoms with Crippen molar-refractivity contribution < 1.29 is 8.81 Å². The molecule has 2 aromatic carbocycles. The molecule has 1 N–H and O–H groups in total. The Bertz CT molecular complexity index is 858. The van der Waals surface area contributed by atoms with Crippen molar-refractivity contribution in [3.8, 4) is 11.4 Å². The number of hydrogen-bond donors (Lipinski definition) is 1. The minimum absolute atomic E-state index is 0.312. The average molecular weight is 252 g/mol. The molecule has 0 radical (unpaired) electrons. The van der Waals surface area contributed by atoms with Gasteiger partial charge in [0.1, 0.15) is 17.2 Å². The molecule has 4 aromatic rings. The van der Waals surface area contributed by atoms with Crippen molar-refractivity contribution in [2.24, 2.45) is 0 Å². The maximum absolute atomic E-state index is 14.1. The van der Waals surface area contributed by atoms with Crippen LogP contribution in [0.4, 0.5) is 4.39 Å². The Balaban J connectivity index is 2.08. The van der Waals surface area contributed by atoms with Gasteiger partial charge in [-0.15, -0.1) is 0 Å². The minimum Gasteiger partial charge on any atom is -0.464 e. The molecular formula is C15H9FN2O. The SMILES string of the molecule is Fc1ccc2occc2c1-c1nc2ccccc2[nH]1. The standard InChI is InChI=1S/C15H9FN2O/c16-10-5-6-13-9(7-8-19-13)14(10)15-17-11-3-1-2-4-12(11)18-15/h1-8H,(H,17,18). The van der Waals surface area contributed by atoms with Crippen molar-refractivity contribution in [2.45, 2.75) is 0 Å². The molecule has 0 saturated carbocycles. The van der Waals surface area contributed by atoms with Crippen LogP contribution in [0.25, 0.3) is 33.4 Å². The first kappa shape index (κ1) is 10.3. The molecule has 0 saturated heterocycles. The number of halogens is 1. The van der Waals surface area contributed by atoms with Crippen LogP contribution in [0.2, 0.25) is 0 Å². The molecule has 2 aromatic heterocycles. The zero-order valence-electron chi connectivity index (χ0n) is 9.85. The smallest absolute Gasteiger partial charge is 0.142 e. The number of nitrogens with zero attached hydrogens (tertiary/aromatic N) is 1. The Morgan fingerprint density at radius 3 is 2.84 bits per heavy atom. The summed E-state index contributed by atoms with van der Waals surface area (Å²) < 4.78 is 19.4. The second-order valence-corrected chi connectivity index (χ2v) is 4.36. The summed E-state index contributed by atoms with van der Waals surface area (Å²) in [4.78, 5) is 7.58. The number of furan rings is 1. The highest BCUT2D eigenvalue weighted by atomic mass is 19.1. The van der Waals surface area contributed by atoms with E-state index in [-0.39, 0.29) is 5.82 Å². The lowest BCUT2D eigenvalue weighted by molar-refractivity contribution is 0.610. The quantitative estimate of drug-likeness (QED) is 0.553. The van der Waals surface area contributed by atoms with Crippen LogP contribution in [0.5, 0.6) is 0 Å². The fourth-order valence-corrected chi connectivity index (χ4v) is 2.33. The molecular weight excluding hydrogens is 243 g/mol. The third kappa shape index (κ3) is 1.46. The fraction of sp³-hybridized carbons (Fsp3) is 0. The fourth-order valence-electron chi connectivity index (χ4n) is 2.33. The predicted octanol–water partition coefficient (Wildman–Crippen LogP) is 4.12. The normalized spacial score (nSPS) is 11.4. The van der Waals surface area contributed by atoms with Crippen LogP contribution in [0, 0.1) is 5.82 Å². The zero-order chi connectivity index (χ0) is 12.8.